The largest absolute Gasteiger partial charge is 0.358 e. The van der Waals surface area contributed by atoms with Crippen LogP contribution >= 0.6 is 0 Å². The van der Waals surface area contributed by atoms with E-state index in [1.54, 1.807) is 0 Å². The summed E-state index contributed by atoms with van der Waals surface area (Å²) in [4.78, 5) is 5.91. The minimum Gasteiger partial charge on any atom is -0.358 e. The number of nitrogens with zero attached hydrogens (tertiary/aromatic N) is 1. The first-order valence-corrected chi connectivity index (χ1v) is 13.2. The van der Waals surface area contributed by atoms with Crippen LogP contribution in [-0.2, 0) is 11.8 Å². The highest BCUT2D eigenvalue weighted by Crippen LogP contribution is 2.50. The molecule has 0 radical (unpaired) electrons. The summed E-state index contributed by atoms with van der Waals surface area (Å²) in [5.74, 6) is 2.97. The van der Waals surface area contributed by atoms with Crippen molar-refractivity contribution in [3.8, 4) is 12.3 Å². The lowest BCUT2D eigenvalue weighted by Crippen LogP contribution is -2.32. The second-order valence-electron chi connectivity index (χ2n) is 10.8. The number of aromatic nitrogens is 1. The highest BCUT2D eigenvalue weighted by Gasteiger charge is 2.36. The number of nitrogens with one attached hydrogen (secondary N) is 1. The fourth-order valence-corrected chi connectivity index (χ4v) is 6.14. The molecule has 0 fully saturated rings. The van der Waals surface area contributed by atoms with E-state index in [9.17, 15) is 0 Å². The van der Waals surface area contributed by atoms with E-state index in [2.05, 4.69) is 135 Å². The van der Waals surface area contributed by atoms with Gasteiger partial charge in [-0.1, -0.05) is 87.0 Å². The summed E-state index contributed by atoms with van der Waals surface area (Å²) in [5.41, 5.74) is 11.4. The van der Waals surface area contributed by atoms with Gasteiger partial charge in [0.25, 0.3) is 0 Å². The Bertz CT molecular complexity index is 1820. The summed E-state index contributed by atoms with van der Waals surface area (Å²) in [5, 5.41) is 3.84. The van der Waals surface area contributed by atoms with Crippen LogP contribution < -0.4 is 4.90 Å². The molecular formula is C36H32N2. The van der Waals surface area contributed by atoms with Gasteiger partial charge in [0, 0.05) is 51.1 Å². The second-order valence-corrected chi connectivity index (χ2v) is 10.8. The summed E-state index contributed by atoms with van der Waals surface area (Å²) in [6.45, 7) is 13.1. The van der Waals surface area contributed by atoms with Crippen molar-refractivity contribution in [1.82, 2.24) is 4.98 Å². The van der Waals surface area contributed by atoms with Gasteiger partial charge in [-0.25, -0.2) is 0 Å². The highest BCUT2D eigenvalue weighted by molar-refractivity contribution is 6.08. The minimum absolute atomic E-state index is 0.164. The number of para-hydroxylation sites is 1. The zero-order chi connectivity index (χ0) is 26.6. The number of H-pyrrole nitrogens is 1. The van der Waals surface area contributed by atoms with Crippen LogP contribution in [0.15, 0.2) is 97.2 Å². The van der Waals surface area contributed by atoms with Crippen molar-refractivity contribution in [1.29, 1.82) is 0 Å². The Morgan fingerprint density at radius 3 is 2.50 bits per heavy atom. The van der Waals surface area contributed by atoms with Crippen molar-refractivity contribution in [3.05, 3.63) is 125 Å². The van der Waals surface area contributed by atoms with Gasteiger partial charge in [0.15, 0.2) is 0 Å². The molecule has 1 N–H and O–H groups in total. The van der Waals surface area contributed by atoms with Gasteiger partial charge in [-0.3, -0.25) is 0 Å². The first-order valence-electron chi connectivity index (χ1n) is 13.2. The molecule has 0 spiro atoms. The zero-order valence-corrected chi connectivity index (χ0v) is 22.5. The molecule has 0 saturated carbocycles. The molecule has 4 aromatic carbocycles. The second kappa shape index (κ2) is 8.82. The maximum atomic E-state index is 6.10. The van der Waals surface area contributed by atoms with Crippen LogP contribution in [0, 0.1) is 19.3 Å². The first kappa shape index (κ1) is 23.9. The van der Waals surface area contributed by atoms with Crippen molar-refractivity contribution >= 4 is 38.6 Å². The van der Waals surface area contributed by atoms with E-state index in [4.69, 9.17) is 6.42 Å². The van der Waals surface area contributed by atoms with Crippen molar-refractivity contribution in [2.75, 3.05) is 4.90 Å². The average Bonchev–Trinajstić information content (AvgIpc) is 3.25. The van der Waals surface area contributed by atoms with Crippen molar-refractivity contribution in [3.63, 3.8) is 0 Å². The van der Waals surface area contributed by atoms with Gasteiger partial charge in [0.05, 0.1) is 0 Å². The molecule has 0 aliphatic carbocycles. The number of hydrogen-bond donors (Lipinski definition) is 1. The number of fused-ring (bicyclic) bond motifs is 5. The maximum Gasteiger partial charge on any atom is 0.0499 e. The summed E-state index contributed by atoms with van der Waals surface area (Å²) in [6.07, 6.45) is 9.03. The molecule has 1 aliphatic rings. The highest BCUT2D eigenvalue weighted by atomic mass is 15.2. The lowest BCUT2D eigenvalue weighted by Gasteiger charge is -2.42. The number of benzene rings is 4. The Hall–Kier alpha value is -4.48. The Labute approximate surface area is 225 Å². The molecule has 2 nitrogen and oxygen atoms in total. The molecule has 2 heteroatoms. The lowest BCUT2D eigenvalue weighted by atomic mass is 9.73. The van der Waals surface area contributed by atoms with E-state index in [1.165, 1.54) is 55.4 Å². The fourth-order valence-electron chi connectivity index (χ4n) is 6.14. The summed E-state index contributed by atoms with van der Waals surface area (Å²) in [7, 11) is 0. The predicted octanol–water partition coefficient (Wildman–Crippen LogP) is 9.20. The van der Waals surface area contributed by atoms with Crippen molar-refractivity contribution in [2.24, 2.45) is 0 Å². The van der Waals surface area contributed by atoms with Gasteiger partial charge in [-0.15, -0.1) is 6.42 Å². The lowest BCUT2D eigenvalue weighted by molar-refractivity contribution is 0.629. The number of terminal acetylenes is 1. The van der Waals surface area contributed by atoms with Crippen molar-refractivity contribution in [2.45, 2.75) is 39.5 Å². The number of anilines is 2. The van der Waals surface area contributed by atoms with Crippen molar-refractivity contribution < 1.29 is 0 Å². The smallest absolute Gasteiger partial charge is 0.0499 e. The van der Waals surface area contributed by atoms with E-state index < -0.39 is 0 Å². The third kappa shape index (κ3) is 3.58. The molecule has 186 valence electrons. The molecule has 0 unspecified atom stereocenters. The average molecular weight is 493 g/mol. The van der Waals surface area contributed by atoms with Crippen LogP contribution in [0.2, 0.25) is 0 Å². The molecular weight excluding hydrogens is 460 g/mol. The predicted molar refractivity (Wildman–Crippen MR) is 163 cm³/mol. The van der Waals surface area contributed by atoms with Gasteiger partial charge in [-0.2, -0.15) is 0 Å². The van der Waals surface area contributed by atoms with Crippen LogP contribution in [-0.4, -0.2) is 4.98 Å². The van der Waals surface area contributed by atoms with Crippen LogP contribution in [0.25, 0.3) is 27.2 Å². The van der Waals surface area contributed by atoms with Crippen LogP contribution in [0.5, 0.6) is 0 Å². The van der Waals surface area contributed by atoms with Crippen LogP contribution in [0.4, 0.5) is 11.4 Å². The standard InChI is InChI=1S/C36H32N2/c1-7-25(16-19-31-24(4)35-28-13-9-8-12-26(28)17-20-32(35)37-31)27-18-21-34-30(22-27)36(5,6)29-14-10-11-15-33(29)38(34)23(2)3/h1,8-18,20-22,37H,2,19H2,3-6H3/b25-16+. The van der Waals surface area contributed by atoms with E-state index >= 15 is 0 Å². The molecule has 1 aliphatic heterocycles. The molecule has 6 rings (SSSR count). The molecule has 0 atom stereocenters. The van der Waals surface area contributed by atoms with Gasteiger partial charge in [0.2, 0.25) is 0 Å². The number of allylic oxidation sites excluding steroid dienone is 3. The first-order chi connectivity index (χ1) is 18.3. The number of rotatable bonds is 4. The fraction of sp³-hybridized carbons (Fsp3) is 0.167. The summed E-state index contributed by atoms with van der Waals surface area (Å²) >= 11 is 0. The topological polar surface area (TPSA) is 19.0 Å². The monoisotopic (exact) mass is 492 g/mol. The van der Waals surface area contributed by atoms with Gasteiger partial charge >= 0.3 is 0 Å². The van der Waals surface area contributed by atoms with E-state index in [0.29, 0.717) is 0 Å². The Balaban J connectivity index is 1.41. The van der Waals surface area contributed by atoms with E-state index in [-0.39, 0.29) is 5.41 Å². The molecule has 38 heavy (non-hydrogen) atoms. The quantitative estimate of drug-likeness (QED) is 0.248. The Morgan fingerprint density at radius 2 is 1.71 bits per heavy atom. The maximum absolute atomic E-state index is 6.10. The normalized spacial score (nSPS) is 14.3. The summed E-state index contributed by atoms with van der Waals surface area (Å²) < 4.78 is 0. The number of aromatic amines is 1. The number of hydrogen-bond acceptors (Lipinski definition) is 1. The molecule has 2 heterocycles. The van der Waals surface area contributed by atoms with Gasteiger partial charge in [-0.05, 0) is 71.1 Å². The number of aryl methyl sites for hydroxylation is 1. The molecule has 5 aromatic rings. The van der Waals surface area contributed by atoms with E-state index in [1.807, 2.05) is 0 Å². The van der Waals surface area contributed by atoms with Crippen LogP contribution in [0.1, 0.15) is 48.7 Å². The van der Waals surface area contributed by atoms with E-state index in [0.717, 1.165) is 23.3 Å². The Morgan fingerprint density at radius 1 is 0.974 bits per heavy atom. The van der Waals surface area contributed by atoms with Gasteiger partial charge < -0.3 is 9.88 Å². The summed E-state index contributed by atoms with van der Waals surface area (Å²) in [6, 6.07) is 28.2. The zero-order valence-electron chi connectivity index (χ0n) is 22.5. The molecule has 0 saturated heterocycles. The van der Waals surface area contributed by atoms with Crippen LogP contribution in [0.3, 0.4) is 0 Å². The third-order valence-electron chi connectivity index (χ3n) is 8.13. The third-order valence-corrected chi connectivity index (χ3v) is 8.13. The Kier molecular flexibility index (Phi) is 5.55. The minimum atomic E-state index is -0.164. The molecule has 0 bridgehead atoms. The molecule has 0 amide bonds. The molecule has 1 aromatic heterocycles. The SMILES string of the molecule is C#C/C(=C\Cc1[nH]c2ccc3ccccc3c2c1C)c1ccc2c(c1)C(C)(C)c1ccccc1N2C(=C)C. The van der Waals surface area contributed by atoms with Gasteiger partial charge in [0.1, 0.15) is 0 Å².